The van der Waals surface area contributed by atoms with Gasteiger partial charge in [0.1, 0.15) is 6.54 Å². The molecule has 0 saturated carbocycles. The number of carboxylic acid groups (broad SMARTS) is 1. The summed E-state index contributed by atoms with van der Waals surface area (Å²) in [6.45, 7) is 1.24. The van der Waals surface area contributed by atoms with Gasteiger partial charge in [-0.2, -0.15) is 5.26 Å². The van der Waals surface area contributed by atoms with Crippen LogP contribution in [0.4, 0.5) is 4.79 Å². The van der Waals surface area contributed by atoms with Crippen molar-refractivity contribution in [1.82, 2.24) is 10.2 Å². The summed E-state index contributed by atoms with van der Waals surface area (Å²) >= 11 is 0. The molecule has 94 valence electrons. The Bertz CT molecular complexity index is 455. The zero-order chi connectivity index (χ0) is 13.0. The largest absolute Gasteiger partial charge is 0.465 e. The molecule has 0 bridgehead atoms. The molecule has 0 spiro atoms. The summed E-state index contributed by atoms with van der Waals surface area (Å²) in [4.78, 5) is 12.4. The van der Waals surface area contributed by atoms with Gasteiger partial charge in [-0.25, -0.2) is 4.79 Å². The molecule has 2 unspecified atom stereocenters. The molecule has 2 N–H and O–H groups in total. The lowest BCUT2D eigenvalue weighted by Crippen LogP contribution is -2.43. The van der Waals surface area contributed by atoms with Crippen LogP contribution in [0.5, 0.6) is 0 Å². The Kier molecular flexibility index (Phi) is 3.80. The lowest BCUT2D eigenvalue weighted by Gasteiger charge is -2.28. The van der Waals surface area contributed by atoms with E-state index in [2.05, 4.69) is 5.32 Å². The molecule has 1 amide bonds. The number of hydrogen-bond donors (Lipinski definition) is 2. The number of hydrogen-bond acceptors (Lipinski definition) is 3. The van der Waals surface area contributed by atoms with Crippen LogP contribution in [0.15, 0.2) is 30.3 Å². The number of benzene rings is 1. The van der Waals surface area contributed by atoms with E-state index in [1.165, 1.54) is 4.90 Å². The van der Waals surface area contributed by atoms with Crippen LogP contribution in [-0.4, -0.2) is 41.8 Å². The maximum absolute atomic E-state index is 11.2. The number of rotatable bonds is 3. The molecule has 1 aliphatic rings. The summed E-state index contributed by atoms with van der Waals surface area (Å²) in [5.74, 6) is 0.107. The molecular weight excluding hydrogens is 230 g/mol. The molecule has 5 heteroatoms. The normalized spacial score (nSPS) is 22.4. The average molecular weight is 245 g/mol. The summed E-state index contributed by atoms with van der Waals surface area (Å²) in [6, 6.07) is 11.6. The zero-order valence-electron chi connectivity index (χ0n) is 9.91. The summed E-state index contributed by atoms with van der Waals surface area (Å²) in [5, 5.41) is 21.1. The predicted molar refractivity (Wildman–Crippen MR) is 66.2 cm³/mol. The molecule has 1 aromatic rings. The molecule has 1 heterocycles. The number of amides is 1. The van der Waals surface area contributed by atoms with Crippen molar-refractivity contribution in [3.05, 3.63) is 35.9 Å². The quantitative estimate of drug-likeness (QED) is 0.786. The monoisotopic (exact) mass is 245 g/mol. The third kappa shape index (κ3) is 2.44. The van der Waals surface area contributed by atoms with Crippen molar-refractivity contribution in [3.63, 3.8) is 0 Å². The molecule has 0 aliphatic carbocycles. The van der Waals surface area contributed by atoms with E-state index in [4.69, 9.17) is 5.26 Å². The molecule has 2 atom stereocenters. The van der Waals surface area contributed by atoms with Gasteiger partial charge < -0.3 is 10.4 Å². The van der Waals surface area contributed by atoms with Crippen LogP contribution in [0.1, 0.15) is 11.5 Å². The number of nitriles is 1. The van der Waals surface area contributed by atoms with Gasteiger partial charge in [-0.3, -0.25) is 4.90 Å². The first-order valence-electron chi connectivity index (χ1n) is 5.86. The predicted octanol–water partition coefficient (Wildman–Crippen LogP) is 1.25. The standard InChI is InChI=1S/C13H15N3O2/c14-6-7-16(13(17)18)12-9-15-8-11(12)10-4-2-1-3-5-10/h1-5,11-12,15H,7-9H2,(H,17,18). The van der Waals surface area contributed by atoms with Crippen LogP contribution >= 0.6 is 0 Å². The Morgan fingerprint density at radius 3 is 2.78 bits per heavy atom. The van der Waals surface area contributed by atoms with Gasteiger partial charge in [-0.05, 0) is 5.56 Å². The van der Waals surface area contributed by atoms with Gasteiger partial charge in [0.25, 0.3) is 0 Å². The topological polar surface area (TPSA) is 76.4 Å². The highest BCUT2D eigenvalue weighted by molar-refractivity contribution is 5.66. The molecule has 1 aliphatic heterocycles. The van der Waals surface area contributed by atoms with E-state index < -0.39 is 6.09 Å². The Morgan fingerprint density at radius 2 is 2.17 bits per heavy atom. The van der Waals surface area contributed by atoms with E-state index in [-0.39, 0.29) is 18.5 Å². The third-order valence-electron chi connectivity index (χ3n) is 3.30. The minimum atomic E-state index is -1.04. The summed E-state index contributed by atoms with van der Waals surface area (Å²) in [7, 11) is 0. The van der Waals surface area contributed by atoms with E-state index in [9.17, 15) is 9.90 Å². The summed E-state index contributed by atoms with van der Waals surface area (Å²) in [6.07, 6.45) is -1.04. The molecular formula is C13H15N3O2. The Hall–Kier alpha value is -2.06. The minimum absolute atomic E-state index is 0.0922. The zero-order valence-corrected chi connectivity index (χ0v) is 9.91. The smallest absolute Gasteiger partial charge is 0.408 e. The van der Waals surface area contributed by atoms with Gasteiger partial charge in [-0.1, -0.05) is 30.3 Å². The first kappa shape index (κ1) is 12.4. The molecule has 0 radical (unpaired) electrons. The first-order valence-corrected chi connectivity index (χ1v) is 5.86. The van der Waals surface area contributed by atoms with E-state index in [1.807, 2.05) is 36.4 Å². The fraction of sp³-hybridized carbons (Fsp3) is 0.385. The van der Waals surface area contributed by atoms with Gasteiger partial charge >= 0.3 is 6.09 Å². The van der Waals surface area contributed by atoms with Gasteiger partial charge in [0.2, 0.25) is 0 Å². The van der Waals surface area contributed by atoms with Gasteiger partial charge in [0.05, 0.1) is 12.1 Å². The maximum Gasteiger partial charge on any atom is 0.408 e. The molecule has 1 saturated heterocycles. The lowest BCUT2D eigenvalue weighted by atomic mass is 9.93. The van der Waals surface area contributed by atoms with Crippen LogP contribution in [0.3, 0.4) is 0 Å². The second-order valence-corrected chi connectivity index (χ2v) is 4.31. The van der Waals surface area contributed by atoms with E-state index in [0.29, 0.717) is 6.54 Å². The number of nitrogens with one attached hydrogen (secondary N) is 1. The summed E-state index contributed by atoms with van der Waals surface area (Å²) in [5.41, 5.74) is 1.11. The Morgan fingerprint density at radius 1 is 1.44 bits per heavy atom. The Labute approximate surface area is 106 Å². The second kappa shape index (κ2) is 5.52. The highest BCUT2D eigenvalue weighted by Crippen LogP contribution is 2.26. The molecule has 1 fully saturated rings. The fourth-order valence-corrected chi connectivity index (χ4v) is 2.44. The van der Waals surface area contributed by atoms with Crippen molar-refractivity contribution in [1.29, 1.82) is 5.26 Å². The maximum atomic E-state index is 11.2. The van der Waals surface area contributed by atoms with Crippen molar-refractivity contribution in [2.24, 2.45) is 0 Å². The lowest BCUT2D eigenvalue weighted by molar-refractivity contribution is 0.131. The molecule has 1 aromatic carbocycles. The molecule has 5 nitrogen and oxygen atoms in total. The Balaban J connectivity index is 2.21. The highest BCUT2D eigenvalue weighted by atomic mass is 16.4. The van der Waals surface area contributed by atoms with E-state index in [1.54, 1.807) is 0 Å². The first-order chi connectivity index (χ1) is 8.74. The molecule has 2 rings (SSSR count). The van der Waals surface area contributed by atoms with Crippen LogP contribution in [0.25, 0.3) is 0 Å². The van der Waals surface area contributed by atoms with Crippen LogP contribution in [0.2, 0.25) is 0 Å². The highest BCUT2D eigenvalue weighted by Gasteiger charge is 2.35. The van der Waals surface area contributed by atoms with Crippen LogP contribution < -0.4 is 5.32 Å². The SMILES string of the molecule is N#CCN(C(=O)O)C1CNCC1c1ccccc1. The van der Waals surface area contributed by atoms with Crippen molar-refractivity contribution >= 4 is 6.09 Å². The van der Waals surface area contributed by atoms with E-state index in [0.717, 1.165) is 12.1 Å². The third-order valence-corrected chi connectivity index (χ3v) is 3.30. The molecule has 0 aromatic heterocycles. The van der Waals surface area contributed by atoms with E-state index >= 15 is 0 Å². The van der Waals surface area contributed by atoms with Crippen LogP contribution in [-0.2, 0) is 0 Å². The van der Waals surface area contributed by atoms with Gasteiger partial charge in [0, 0.05) is 19.0 Å². The van der Waals surface area contributed by atoms with Crippen LogP contribution in [0, 0.1) is 11.3 Å². The average Bonchev–Trinajstić information content (AvgIpc) is 2.85. The fourth-order valence-electron chi connectivity index (χ4n) is 2.44. The minimum Gasteiger partial charge on any atom is -0.465 e. The van der Waals surface area contributed by atoms with Crippen molar-refractivity contribution < 1.29 is 9.90 Å². The van der Waals surface area contributed by atoms with Gasteiger partial charge in [0.15, 0.2) is 0 Å². The number of nitrogens with zero attached hydrogens (tertiary/aromatic N) is 2. The second-order valence-electron chi connectivity index (χ2n) is 4.31. The molecule has 18 heavy (non-hydrogen) atoms. The van der Waals surface area contributed by atoms with Crippen molar-refractivity contribution in [2.75, 3.05) is 19.6 Å². The van der Waals surface area contributed by atoms with Crippen molar-refractivity contribution in [2.45, 2.75) is 12.0 Å². The van der Waals surface area contributed by atoms with Gasteiger partial charge in [-0.15, -0.1) is 0 Å². The summed E-state index contributed by atoms with van der Waals surface area (Å²) < 4.78 is 0. The number of carbonyl (C=O) groups is 1. The van der Waals surface area contributed by atoms with Crippen molar-refractivity contribution in [3.8, 4) is 6.07 Å².